The van der Waals surface area contributed by atoms with Crippen LogP contribution in [0, 0.1) is 0 Å². The van der Waals surface area contributed by atoms with Gasteiger partial charge in [-0.15, -0.1) is 0 Å². The topological polar surface area (TPSA) is 64.4 Å². The van der Waals surface area contributed by atoms with Crippen LogP contribution in [0.15, 0.2) is 53.1 Å². The molecule has 1 N–H and O–H groups in total. The van der Waals surface area contributed by atoms with E-state index in [4.69, 9.17) is 9.26 Å². The molecule has 1 amide bonds. The Morgan fingerprint density at radius 2 is 2.00 bits per heavy atom. The van der Waals surface area contributed by atoms with Crippen LogP contribution in [0.25, 0.3) is 11.3 Å². The van der Waals surface area contributed by atoms with Crippen LogP contribution in [-0.2, 0) is 23.8 Å². The lowest BCUT2D eigenvalue weighted by atomic mass is 10.1. The minimum absolute atomic E-state index is 0.119. The highest BCUT2D eigenvalue weighted by atomic mass is 19.4. The van der Waals surface area contributed by atoms with E-state index in [1.807, 2.05) is 25.1 Å². The second-order valence-corrected chi connectivity index (χ2v) is 6.91. The average molecular weight is 402 g/mol. The Kier molecular flexibility index (Phi) is 4.77. The average Bonchev–Trinajstić information content (AvgIpc) is 3.25. The van der Waals surface area contributed by atoms with E-state index < -0.39 is 17.6 Å². The minimum atomic E-state index is -4.56. The van der Waals surface area contributed by atoms with E-state index in [1.165, 1.54) is 18.2 Å². The van der Waals surface area contributed by atoms with Crippen molar-refractivity contribution in [2.45, 2.75) is 32.0 Å². The number of fused-ring (bicyclic) bond motifs is 1. The summed E-state index contributed by atoms with van der Waals surface area (Å²) < 4.78 is 50.1. The Hall–Kier alpha value is -3.29. The molecule has 1 aliphatic rings. The third-order valence-corrected chi connectivity index (χ3v) is 4.59. The number of halogens is 3. The smallest absolute Gasteiger partial charge is 0.418 e. The first kappa shape index (κ1) is 19.0. The standard InChI is InChI=1S/C21H17F3N2O3/c1-12-8-14-9-13(6-7-18(14)28-12)19-10-15(26-29-19)11-20(27)25-17-5-3-2-4-16(17)21(22,23)24/h2-7,9-10,12H,8,11H2,1H3,(H,25,27)/t12-/m0/s1. The number of carbonyl (C=O) groups excluding carboxylic acids is 1. The van der Waals surface area contributed by atoms with Gasteiger partial charge in [-0.05, 0) is 42.8 Å². The number of carbonyl (C=O) groups is 1. The number of benzene rings is 2. The molecule has 4 rings (SSSR count). The van der Waals surface area contributed by atoms with Gasteiger partial charge in [0.05, 0.1) is 23.4 Å². The van der Waals surface area contributed by atoms with Crippen molar-refractivity contribution < 1.29 is 27.2 Å². The van der Waals surface area contributed by atoms with Crippen LogP contribution < -0.4 is 10.1 Å². The molecule has 2 aromatic carbocycles. The zero-order chi connectivity index (χ0) is 20.6. The lowest BCUT2D eigenvalue weighted by Crippen LogP contribution is -2.18. The quantitative estimate of drug-likeness (QED) is 0.677. The Morgan fingerprint density at radius 3 is 2.79 bits per heavy atom. The van der Waals surface area contributed by atoms with Crippen molar-refractivity contribution in [3.05, 3.63) is 65.4 Å². The molecular formula is C21H17F3N2O3. The fraction of sp³-hybridized carbons (Fsp3) is 0.238. The number of nitrogens with one attached hydrogen (secondary N) is 1. The number of ether oxygens (including phenoxy) is 1. The van der Waals surface area contributed by atoms with Gasteiger partial charge in [-0.3, -0.25) is 4.79 Å². The van der Waals surface area contributed by atoms with Crippen molar-refractivity contribution in [1.29, 1.82) is 0 Å². The summed E-state index contributed by atoms with van der Waals surface area (Å²) in [7, 11) is 0. The van der Waals surface area contributed by atoms with Crippen LogP contribution in [0.1, 0.15) is 23.7 Å². The summed E-state index contributed by atoms with van der Waals surface area (Å²) in [6, 6.07) is 12.1. The number of rotatable bonds is 4. The van der Waals surface area contributed by atoms with Crippen LogP contribution in [-0.4, -0.2) is 17.2 Å². The van der Waals surface area contributed by atoms with Gasteiger partial charge in [0.2, 0.25) is 5.91 Å². The molecule has 0 unspecified atom stereocenters. The molecular weight excluding hydrogens is 385 g/mol. The fourth-order valence-corrected chi connectivity index (χ4v) is 3.30. The molecule has 0 saturated heterocycles. The SMILES string of the molecule is C[C@H]1Cc2cc(-c3cc(CC(=O)Nc4ccccc4C(F)(F)F)no3)ccc2O1. The summed E-state index contributed by atoms with van der Waals surface area (Å²) in [5.41, 5.74) is 0.995. The molecule has 1 aromatic heterocycles. The molecule has 150 valence electrons. The number of amides is 1. The van der Waals surface area contributed by atoms with Gasteiger partial charge >= 0.3 is 6.18 Å². The van der Waals surface area contributed by atoms with Crippen molar-refractivity contribution >= 4 is 11.6 Å². The van der Waals surface area contributed by atoms with Crippen LogP contribution in [0.3, 0.4) is 0 Å². The fourth-order valence-electron chi connectivity index (χ4n) is 3.30. The summed E-state index contributed by atoms with van der Waals surface area (Å²) in [5.74, 6) is 0.701. The number of aromatic nitrogens is 1. The van der Waals surface area contributed by atoms with Crippen molar-refractivity contribution in [3.63, 3.8) is 0 Å². The maximum atomic E-state index is 13.0. The number of anilines is 1. The molecule has 0 fully saturated rings. The van der Waals surface area contributed by atoms with Gasteiger partial charge < -0.3 is 14.6 Å². The zero-order valence-electron chi connectivity index (χ0n) is 15.4. The Balaban J connectivity index is 1.46. The molecule has 2 heterocycles. The Labute approximate surface area is 164 Å². The maximum absolute atomic E-state index is 13.0. The first-order chi connectivity index (χ1) is 13.8. The molecule has 1 atom stereocenters. The van der Waals surface area contributed by atoms with Gasteiger partial charge in [-0.2, -0.15) is 13.2 Å². The summed E-state index contributed by atoms with van der Waals surface area (Å²) >= 11 is 0. The molecule has 0 saturated carbocycles. The number of hydrogen-bond donors (Lipinski definition) is 1. The van der Waals surface area contributed by atoms with E-state index in [9.17, 15) is 18.0 Å². The van der Waals surface area contributed by atoms with Crippen molar-refractivity contribution in [2.24, 2.45) is 0 Å². The minimum Gasteiger partial charge on any atom is -0.490 e. The van der Waals surface area contributed by atoms with Crippen LogP contribution in [0.2, 0.25) is 0 Å². The normalized spacial score (nSPS) is 15.7. The predicted octanol–water partition coefficient (Wildman–Crippen LogP) is 4.87. The molecule has 0 radical (unpaired) electrons. The van der Waals surface area contributed by atoms with Gasteiger partial charge in [0.15, 0.2) is 5.76 Å². The van der Waals surface area contributed by atoms with E-state index in [0.717, 1.165) is 29.4 Å². The number of hydrogen-bond acceptors (Lipinski definition) is 4. The highest BCUT2D eigenvalue weighted by molar-refractivity contribution is 5.93. The third kappa shape index (κ3) is 4.11. The molecule has 1 aliphatic heterocycles. The maximum Gasteiger partial charge on any atom is 0.418 e. The second-order valence-electron chi connectivity index (χ2n) is 6.91. The van der Waals surface area contributed by atoms with Gasteiger partial charge in [0.25, 0.3) is 0 Å². The van der Waals surface area contributed by atoms with E-state index in [0.29, 0.717) is 11.5 Å². The van der Waals surface area contributed by atoms with Crippen LogP contribution in [0.4, 0.5) is 18.9 Å². The second kappa shape index (κ2) is 7.27. The number of nitrogens with zero attached hydrogens (tertiary/aromatic N) is 1. The molecule has 0 bridgehead atoms. The van der Waals surface area contributed by atoms with E-state index in [2.05, 4.69) is 10.5 Å². The number of para-hydroxylation sites is 1. The molecule has 3 aromatic rings. The third-order valence-electron chi connectivity index (χ3n) is 4.59. The van der Waals surface area contributed by atoms with E-state index in [-0.39, 0.29) is 18.2 Å². The summed E-state index contributed by atoms with van der Waals surface area (Å²) in [6.07, 6.45) is -3.85. The first-order valence-corrected chi connectivity index (χ1v) is 9.01. The zero-order valence-corrected chi connectivity index (χ0v) is 15.4. The van der Waals surface area contributed by atoms with Crippen molar-refractivity contribution in [3.8, 4) is 17.1 Å². The number of alkyl halides is 3. The van der Waals surface area contributed by atoms with Gasteiger partial charge in [0, 0.05) is 18.1 Å². The largest absolute Gasteiger partial charge is 0.490 e. The van der Waals surface area contributed by atoms with E-state index >= 15 is 0 Å². The summed E-state index contributed by atoms with van der Waals surface area (Å²) in [4.78, 5) is 12.2. The Morgan fingerprint density at radius 1 is 1.21 bits per heavy atom. The van der Waals surface area contributed by atoms with Gasteiger partial charge in [-0.1, -0.05) is 17.3 Å². The van der Waals surface area contributed by atoms with Crippen molar-refractivity contribution in [2.75, 3.05) is 5.32 Å². The molecule has 29 heavy (non-hydrogen) atoms. The van der Waals surface area contributed by atoms with Gasteiger partial charge in [-0.25, -0.2) is 0 Å². The highest BCUT2D eigenvalue weighted by Crippen LogP contribution is 2.35. The molecule has 0 spiro atoms. The van der Waals surface area contributed by atoms with Crippen molar-refractivity contribution in [1.82, 2.24) is 5.16 Å². The highest BCUT2D eigenvalue weighted by Gasteiger charge is 2.33. The Bertz CT molecular complexity index is 1060. The summed E-state index contributed by atoms with van der Waals surface area (Å²) in [6.45, 7) is 1.99. The monoisotopic (exact) mass is 402 g/mol. The van der Waals surface area contributed by atoms with Gasteiger partial charge in [0.1, 0.15) is 11.9 Å². The molecule has 0 aliphatic carbocycles. The molecule has 8 heteroatoms. The van der Waals surface area contributed by atoms with Crippen LogP contribution >= 0.6 is 0 Å². The first-order valence-electron chi connectivity index (χ1n) is 9.01. The lowest BCUT2D eigenvalue weighted by Gasteiger charge is -2.13. The predicted molar refractivity (Wildman–Crippen MR) is 99.5 cm³/mol. The van der Waals surface area contributed by atoms with E-state index in [1.54, 1.807) is 6.07 Å². The summed E-state index contributed by atoms with van der Waals surface area (Å²) in [5, 5.41) is 6.16. The van der Waals surface area contributed by atoms with Crippen LogP contribution in [0.5, 0.6) is 5.75 Å². The molecule has 5 nitrogen and oxygen atoms in total. The lowest BCUT2D eigenvalue weighted by molar-refractivity contribution is -0.137.